The summed E-state index contributed by atoms with van der Waals surface area (Å²) < 4.78 is 16.7. The van der Waals surface area contributed by atoms with Crippen LogP contribution in [0.15, 0.2) is 54.6 Å². The first-order chi connectivity index (χ1) is 13.6. The molecule has 0 radical (unpaired) electrons. The fourth-order valence-electron chi connectivity index (χ4n) is 2.62. The summed E-state index contributed by atoms with van der Waals surface area (Å²) in [6.45, 7) is 3.37. The van der Waals surface area contributed by atoms with E-state index >= 15 is 0 Å². The van der Waals surface area contributed by atoms with Crippen molar-refractivity contribution in [3.63, 3.8) is 0 Å². The summed E-state index contributed by atoms with van der Waals surface area (Å²) >= 11 is 0. The third kappa shape index (κ3) is 9.65. The molecule has 7 heteroatoms. The van der Waals surface area contributed by atoms with Crippen molar-refractivity contribution in [3.8, 4) is 11.5 Å². The lowest BCUT2D eigenvalue weighted by molar-refractivity contribution is -0.122. The molecule has 2 aromatic carbocycles. The Labute approximate surface area is 179 Å². The molecular formula is C22H31ClN2O4. The van der Waals surface area contributed by atoms with Crippen molar-refractivity contribution >= 4 is 18.3 Å². The lowest BCUT2D eigenvalue weighted by Gasteiger charge is -2.20. The Kier molecular flexibility index (Phi) is 11.8. The monoisotopic (exact) mass is 422 g/mol. The summed E-state index contributed by atoms with van der Waals surface area (Å²) in [5.74, 6) is 1.38. The summed E-state index contributed by atoms with van der Waals surface area (Å²) in [7, 11) is 3.29. The Morgan fingerprint density at radius 3 is 2.28 bits per heavy atom. The summed E-state index contributed by atoms with van der Waals surface area (Å²) in [6.07, 6.45) is 0.856. The van der Waals surface area contributed by atoms with Crippen molar-refractivity contribution in [1.82, 2.24) is 10.6 Å². The number of halogens is 1. The second-order valence-corrected chi connectivity index (χ2v) is 6.60. The summed E-state index contributed by atoms with van der Waals surface area (Å²) in [4.78, 5) is 11.2. The quantitative estimate of drug-likeness (QED) is 0.550. The first-order valence-electron chi connectivity index (χ1n) is 9.47. The number of amides is 1. The van der Waals surface area contributed by atoms with E-state index in [1.807, 2.05) is 54.6 Å². The predicted molar refractivity (Wildman–Crippen MR) is 117 cm³/mol. The van der Waals surface area contributed by atoms with Crippen LogP contribution in [0.3, 0.4) is 0 Å². The van der Waals surface area contributed by atoms with Crippen molar-refractivity contribution < 1.29 is 19.0 Å². The number of para-hydroxylation sites is 1. The predicted octanol–water partition coefficient (Wildman–Crippen LogP) is 2.85. The molecule has 0 fully saturated rings. The minimum absolute atomic E-state index is 0. The number of carbonyl (C=O) groups excluding carboxylic acids is 1. The Bertz CT molecular complexity index is 698. The largest absolute Gasteiger partial charge is 0.491 e. The molecule has 0 aromatic heterocycles. The molecule has 0 saturated carbocycles. The standard InChI is InChI=1S/C22H30N2O4.ClH/c1-17(13-18-9-11-20(12-10-18)28-16-22(25)23-2)24-14-21(26-3)15-27-19-7-5-4-6-8-19;/h4-12,17,21,24H,13-16H2,1-3H3,(H,23,25);1H. The first-order valence-corrected chi connectivity index (χ1v) is 9.47. The zero-order chi connectivity index (χ0) is 20.2. The van der Waals surface area contributed by atoms with Crippen molar-refractivity contribution in [2.75, 3.05) is 33.9 Å². The molecule has 2 atom stereocenters. The minimum Gasteiger partial charge on any atom is -0.491 e. The molecule has 0 spiro atoms. The highest BCUT2D eigenvalue weighted by Crippen LogP contribution is 2.14. The van der Waals surface area contributed by atoms with Crippen LogP contribution in [0, 0.1) is 0 Å². The third-order valence-electron chi connectivity index (χ3n) is 4.32. The fourth-order valence-corrected chi connectivity index (χ4v) is 2.62. The van der Waals surface area contributed by atoms with Crippen molar-refractivity contribution in [2.24, 2.45) is 0 Å². The second kappa shape index (κ2) is 13.8. The van der Waals surface area contributed by atoms with Gasteiger partial charge in [-0.1, -0.05) is 30.3 Å². The molecule has 0 bridgehead atoms. The molecule has 160 valence electrons. The van der Waals surface area contributed by atoms with Crippen molar-refractivity contribution in [1.29, 1.82) is 0 Å². The number of carbonyl (C=O) groups is 1. The number of methoxy groups -OCH3 is 1. The topological polar surface area (TPSA) is 68.8 Å². The molecule has 29 heavy (non-hydrogen) atoms. The Hall–Kier alpha value is -2.28. The molecule has 0 aliphatic carbocycles. The second-order valence-electron chi connectivity index (χ2n) is 6.60. The number of hydrogen-bond acceptors (Lipinski definition) is 5. The van der Waals surface area contributed by atoms with E-state index in [1.54, 1.807) is 14.2 Å². The van der Waals surface area contributed by atoms with Gasteiger partial charge in [0.05, 0.1) is 0 Å². The van der Waals surface area contributed by atoms with Crippen LogP contribution < -0.4 is 20.1 Å². The van der Waals surface area contributed by atoms with E-state index in [2.05, 4.69) is 17.6 Å². The summed E-state index contributed by atoms with van der Waals surface area (Å²) in [5.41, 5.74) is 1.20. The van der Waals surface area contributed by atoms with Crippen LogP contribution in [0.5, 0.6) is 11.5 Å². The summed E-state index contributed by atoms with van der Waals surface area (Å²) in [6, 6.07) is 17.8. The van der Waals surface area contributed by atoms with Gasteiger partial charge in [0.25, 0.3) is 5.91 Å². The van der Waals surface area contributed by atoms with Crippen LogP contribution in [0.25, 0.3) is 0 Å². The van der Waals surface area contributed by atoms with Crippen LogP contribution >= 0.6 is 12.4 Å². The van der Waals surface area contributed by atoms with Gasteiger partial charge in [-0.15, -0.1) is 12.4 Å². The smallest absolute Gasteiger partial charge is 0.257 e. The maximum absolute atomic E-state index is 11.2. The zero-order valence-corrected chi connectivity index (χ0v) is 18.0. The summed E-state index contributed by atoms with van der Waals surface area (Å²) in [5, 5.41) is 6.02. The molecular weight excluding hydrogens is 392 g/mol. The Balaban J connectivity index is 0.00000420. The van der Waals surface area contributed by atoms with Gasteiger partial charge in [-0.3, -0.25) is 4.79 Å². The van der Waals surface area contributed by atoms with Gasteiger partial charge in [0.2, 0.25) is 0 Å². The maximum Gasteiger partial charge on any atom is 0.257 e. The van der Waals surface area contributed by atoms with Gasteiger partial charge >= 0.3 is 0 Å². The molecule has 0 heterocycles. The molecule has 2 aromatic rings. The number of hydrogen-bond donors (Lipinski definition) is 2. The van der Waals surface area contributed by atoms with E-state index in [4.69, 9.17) is 14.2 Å². The van der Waals surface area contributed by atoms with Gasteiger partial charge in [0.15, 0.2) is 6.61 Å². The normalized spacial score (nSPS) is 12.4. The fraction of sp³-hybridized carbons (Fsp3) is 0.409. The van der Waals surface area contributed by atoms with Gasteiger partial charge in [-0.25, -0.2) is 0 Å². The Morgan fingerprint density at radius 1 is 1.00 bits per heavy atom. The van der Waals surface area contributed by atoms with Crippen LogP contribution in [-0.2, 0) is 16.0 Å². The zero-order valence-electron chi connectivity index (χ0n) is 17.2. The van der Waals surface area contributed by atoms with E-state index < -0.39 is 0 Å². The van der Waals surface area contributed by atoms with Gasteiger partial charge in [0.1, 0.15) is 24.2 Å². The number of benzene rings is 2. The van der Waals surface area contributed by atoms with Gasteiger partial charge in [-0.2, -0.15) is 0 Å². The first kappa shape index (κ1) is 24.8. The highest BCUT2D eigenvalue weighted by Gasteiger charge is 2.11. The molecule has 1 amide bonds. The number of ether oxygens (including phenoxy) is 3. The maximum atomic E-state index is 11.2. The van der Waals surface area contributed by atoms with Crippen LogP contribution in [-0.4, -0.2) is 52.0 Å². The minimum atomic E-state index is -0.147. The molecule has 2 rings (SSSR count). The van der Waals surface area contributed by atoms with E-state index in [-0.39, 0.29) is 37.1 Å². The molecule has 2 N–H and O–H groups in total. The van der Waals surface area contributed by atoms with Crippen molar-refractivity contribution in [3.05, 3.63) is 60.2 Å². The molecule has 0 aliphatic heterocycles. The van der Waals surface area contributed by atoms with E-state index in [9.17, 15) is 4.79 Å². The van der Waals surface area contributed by atoms with Crippen LogP contribution in [0.2, 0.25) is 0 Å². The van der Waals surface area contributed by atoms with E-state index in [1.165, 1.54) is 5.56 Å². The van der Waals surface area contributed by atoms with E-state index in [0.717, 1.165) is 12.2 Å². The Morgan fingerprint density at radius 2 is 1.66 bits per heavy atom. The van der Waals surface area contributed by atoms with Crippen LogP contribution in [0.4, 0.5) is 0 Å². The van der Waals surface area contributed by atoms with Crippen molar-refractivity contribution in [2.45, 2.75) is 25.5 Å². The number of likely N-dealkylation sites (N-methyl/N-ethyl adjacent to an activating group) is 1. The van der Waals surface area contributed by atoms with Gasteiger partial charge < -0.3 is 24.8 Å². The van der Waals surface area contributed by atoms with E-state index in [0.29, 0.717) is 18.9 Å². The lowest BCUT2D eigenvalue weighted by Crippen LogP contribution is -2.38. The average molecular weight is 423 g/mol. The number of rotatable bonds is 12. The third-order valence-corrected chi connectivity index (χ3v) is 4.32. The van der Waals surface area contributed by atoms with Gasteiger partial charge in [-0.05, 0) is 43.2 Å². The molecule has 2 unspecified atom stereocenters. The lowest BCUT2D eigenvalue weighted by atomic mass is 10.1. The SMILES string of the molecule is CNC(=O)COc1ccc(CC(C)NCC(COc2ccccc2)OC)cc1.Cl. The molecule has 0 saturated heterocycles. The average Bonchev–Trinajstić information content (AvgIpc) is 2.73. The van der Waals surface area contributed by atoms with Crippen LogP contribution in [0.1, 0.15) is 12.5 Å². The molecule has 6 nitrogen and oxygen atoms in total. The molecule has 0 aliphatic rings. The highest BCUT2D eigenvalue weighted by atomic mass is 35.5. The van der Waals surface area contributed by atoms with Gasteiger partial charge in [0, 0.05) is 26.7 Å². The highest BCUT2D eigenvalue weighted by molar-refractivity contribution is 5.85. The number of nitrogens with one attached hydrogen (secondary N) is 2.